The van der Waals surface area contributed by atoms with Crippen molar-refractivity contribution in [1.29, 1.82) is 0 Å². The molecule has 0 amide bonds. The summed E-state index contributed by atoms with van der Waals surface area (Å²) in [6, 6.07) is 22.0. The molecule has 0 aromatic heterocycles. The summed E-state index contributed by atoms with van der Waals surface area (Å²) in [7, 11) is 0. The first kappa shape index (κ1) is 12.8. The van der Waals surface area contributed by atoms with Crippen LogP contribution in [0.3, 0.4) is 0 Å². The average Bonchev–Trinajstić information content (AvgIpc) is 3.00. The predicted octanol–water partition coefficient (Wildman–Crippen LogP) is 4.70. The van der Waals surface area contributed by atoms with Crippen LogP contribution in [0.25, 0.3) is 0 Å². The third-order valence-corrected chi connectivity index (χ3v) is 7.54. The first-order valence-electron chi connectivity index (χ1n) is 6.65. The second kappa shape index (κ2) is 6.30. The number of hydrogen-bond acceptors (Lipinski definition) is 0. The van der Waals surface area contributed by atoms with Crippen LogP contribution in [0.4, 0.5) is 0 Å². The van der Waals surface area contributed by atoms with Crippen LogP contribution in [-0.4, -0.2) is 0 Å². The molecule has 1 heteroatoms. The Labute approximate surface area is 126 Å². The fourth-order valence-corrected chi connectivity index (χ4v) is 6.12. The van der Waals surface area contributed by atoms with Crippen LogP contribution in [-0.2, 0) is 23.2 Å². The average molecular weight is 324 g/mol. The molecule has 0 radical (unpaired) electrons. The van der Waals surface area contributed by atoms with Crippen molar-refractivity contribution in [3.05, 3.63) is 93.3 Å². The molecule has 0 fully saturated rings. The number of benzene rings is 2. The van der Waals surface area contributed by atoms with Gasteiger partial charge in [0.1, 0.15) is 0 Å². The molecular weight excluding hydrogens is 307 g/mol. The van der Waals surface area contributed by atoms with Gasteiger partial charge in [-0.3, -0.25) is 0 Å². The van der Waals surface area contributed by atoms with Crippen molar-refractivity contribution in [3.63, 3.8) is 0 Å². The zero-order valence-corrected chi connectivity index (χ0v) is 13.2. The zero-order valence-electron chi connectivity index (χ0n) is 10.8. The summed E-state index contributed by atoms with van der Waals surface area (Å²) in [4.78, 5) is 0. The minimum absolute atomic E-state index is 0.612. The van der Waals surface area contributed by atoms with Crippen molar-refractivity contribution in [1.82, 2.24) is 0 Å². The van der Waals surface area contributed by atoms with Gasteiger partial charge < -0.3 is 0 Å². The van der Waals surface area contributed by atoms with Gasteiger partial charge in [-0.25, -0.2) is 0 Å². The Morgan fingerprint density at radius 1 is 0.789 bits per heavy atom. The molecule has 19 heavy (non-hydrogen) atoms. The SMILES string of the molecule is C1=CC[C]([Zr][CH](c2ccccc2)c2ccccc2)=C1. The molecular formula is C18H16Zr. The Morgan fingerprint density at radius 2 is 1.37 bits per heavy atom. The Hall–Kier alpha value is -1.20. The van der Waals surface area contributed by atoms with Crippen molar-refractivity contribution >= 4 is 0 Å². The van der Waals surface area contributed by atoms with Gasteiger partial charge in [-0.05, 0) is 0 Å². The van der Waals surface area contributed by atoms with Gasteiger partial charge in [0.2, 0.25) is 0 Å². The number of hydrogen-bond donors (Lipinski definition) is 0. The molecule has 0 bridgehead atoms. The molecule has 2 aromatic rings. The van der Waals surface area contributed by atoms with E-state index < -0.39 is 23.2 Å². The fraction of sp³-hybridized carbons (Fsp3) is 0.111. The van der Waals surface area contributed by atoms with Crippen LogP contribution in [0.2, 0.25) is 0 Å². The second-order valence-electron chi connectivity index (χ2n) is 4.72. The molecule has 0 aliphatic heterocycles. The fourth-order valence-electron chi connectivity index (χ4n) is 2.39. The van der Waals surface area contributed by atoms with Gasteiger partial charge in [0.05, 0.1) is 0 Å². The Balaban J connectivity index is 1.92. The van der Waals surface area contributed by atoms with E-state index in [2.05, 4.69) is 78.9 Å². The third-order valence-electron chi connectivity index (χ3n) is 3.37. The van der Waals surface area contributed by atoms with Crippen LogP contribution in [0.5, 0.6) is 0 Å². The maximum absolute atomic E-state index is 2.34. The molecule has 1 aliphatic carbocycles. The van der Waals surface area contributed by atoms with Crippen LogP contribution in [0.15, 0.2) is 82.2 Å². The molecule has 1 aliphatic rings. The number of rotatable bonds is 4. The first-order valence-corrected chi connectivity index (χ1v) is 9.30. The van der Waals surface area contributed by atoms with Gasteiger partial charge >= 0.3 is 127 Å². The summed E-state index contributed by atoms with van der Waals surface area (Å²) in [6.07, 6.45) is 8.01. The molecule has 92 valence electrons. The van der Waals surface area contributed by atoms with Crippen molar-refractivity contribution < 1.29 is 23.2 Å². The van der Waals surface area contributed by atoms with E-state index in [0.29, 0.717) is 3.63 Å². The van der Waals surface area contributed by atoms with Gasteiger partial charge in [-0.1, -0.05) is 0 Å². The third kappa shape index (κ3) is 3.22. The van der Waals surface area contributed by atoms with Crippen molar-refractivity contribution in [2.24, 2.45) is 0 Å². The number of allylic oxidation sites excluding steroid dienone is 4. The molecule has 3 rings (SSSR count). The summed E-state index contributed by atoms with van der Waals surface area (Å²) < 4.78 is 2.33. The second-order valence-corrected chi connectivity index (χ2v) is 8.43. The molecule has 2 aromatic carbocycles. The van der Waals surface area contributed by atoms with Gasteiger partial charge in [0.15, 0.2) is 0 Å². The van der Waals surface area contributed by atoms with Gasteiger partial charge in [0, 0.05) is 0 Å². The van der Waals surface area contributed by atoms with E-state index in [9.17, 15) is 0 Å². The van der Waals surface area contributed by atoms with Crippen LogP contribution in [0, 0.1) is 0 Å². The van der Waals surface area contributed by atoms with Crippen molar-refractivity contribution in [3.8, 4) is 0 Å². The summed E-state index contributed by atoms with van der Waals surface area (Å²) in [5, 5.41) is 0. The van der Waals surface area contributed by atoms with E-state index >= 15 is 0 Å². The topological polar surface area (TPSA) is 0 Å². The molecule has 0 atom stereocenters. The Bertz CT molecular complexity index is 542. The van der Waals surface area contributed by atoms with Gasteiger partial charge in [-0.15, -0.1) is 0 Å². The van der Waals surface area contributed by atoms with Gasteiger partial charge in [-0.2, -0.15) is 0 Å². The van der Waals surface area contributed by atoms with Crippen molar-refractivity contribution in [2.75, 3.05) is 0 Å². The maximum atomic E-state index is 2.34. The summed E-state index contributed by atoms with van der Waals surface area (Å²) in [6.45, 7) is 0. The summed E-state index contributed by atoms with van der Waals surface area (Å²) >= 11 is -0.612. The van der Waals surface area contributed by atoms with Crippen LogP contribution >= 0.6 is 0 Å². The molecule has 0 saturated heterocycles. The van der Waals surface area contributed by atoms with Crippen LogP contribution < -0.4 is 0 Å². The van der Waals surface area contributed by atoms with Crippen LogP contribution in [0.1, 0.15) is 21.2 Å². The van der Waals surface area contributed by atoms with E-state index in [4.69, 9.17) is 0 Å². The molecule has 0 unspecified atom stereocenters. The zero-order chi connectivity index (χ0) is 12.9. The molecule has 0 nitrogen and oxygen atoms in total. The summed E-state index contributed by atoms with van der Waals surface area (Å²) in [5.74, 6) is 0. The normalized spacial score (nSPS) is 13.6. The summed E-state index contributed by atoms with van der Waals surface area (Å²) in [5.41, 5.74) is 2.96. The minimum atomic E-state index is -0.612. The molecule has 0 N–H and O–H groups in total. The Morgan fingerprint density at radius 3 is 1.84 bits per heavy atom. The van der Waals surface area contributed by atoms with Crippen molar-refractivity contribution in [2.45, 2.75) is 10.0 Å². The van der Waals surface area contributed by atoms with Gasteiger partial charge in [0.25, 0.3) is 0 Å². The molecule has 0 heterocycles. The molecule has 0 spiro atoms. The quantitative estimate of drug-likeness (QED) is 0.765. The monoisotopic (exact) mass is 322 g/mol. The van der Waals surface area contributed by atoms with E-state index in [0.717, 1.165) is 0 Å². The van der Waals surface area contributed by atoms with E-state index in [1.54, 1.807) is 3.28 Å². The standard InChI is InChI=1S/C13H11.C5H5.Zr/c1-3-7-12(8-4-1)11-13-9-5-2-6-10-13;1-2-4-5-3-1;/h1-11H;1-3H,4H2;. The van der Waals surface area contributed by atoms with E-state index in [-0.39, 0.29) is 0 Å². The van der Waals surface area contributed by atoms with E-state index in [1.807, 2.05) is 0 Å². The molecule has 0 saturated carbocycles. The first-order chi connectivity index (χ1) is 9.43. The van der Waals surface area contributed by atoms with E-state index in [1.165, 1.54) is 17.5 Å². The predicted molar refractivity (Wildman–Crippen MR) is 76.6 cm³/mol. The Kier molecular flexibility index (Phi) is 4.25.